The van der Waals surface area contributed by atoms with Crippen LogP contribution in [0.2, 0.25) is 0 Å². The molecule has 1 aromatic heterocycles. The minimum absolute atomic E-state index is 0.260. The van der Waals surface area contributed by atoms with Gasteiger partial charge in [0.1, 0.15) is 12.2 Å². The van der Waals surface area contributed by atoms with Crippen LogP contribution in [0.3, 0.4) is 0 Å². The van der Waals surface area contributed by atoms with E-state index >= 15 is 0 Å². The smallest absolute Gasteiger partial charge is 0.137 e. The Kier molecular flexibility index (Phi) is 2.59. The fraction of sp³-hybridized carbons (Fsp3) is 0.778. The second-order valence-electron chi connectivity index (χ2n) is 3.78. The van der Waals surface area contributed by atoms with Crippen LogP contribution in [0.5, 0.6) is 0 Å². The first-order valence-electron chi connectivity index (χ1n) is 4.99. The minimum Gasteiger partial charge on any atom is -0.327 e. The molecule has 72 valence electrons. The Morgan fingerprint density at radius 3 is 2.92 bits per heavy atom. The molecule has 4 nitrogen and oxygen atoms in total. The Morgan fingerprint density at radius 2 is 2.15 bits per heavy atom. The largest absolute Gasteiger partial charge is 0.327 e. The fourth-order valence-corrected chi connectivity index (χ4v) is 2.07. The Balaban J connectivity index is 2.11. The van der Waals surface area contributed by atoms with E-state index in [1.54, 1.807) is 6.33 Å². The highest BCUT2D eigenvalue weighted by molar-refractivity contribution is 4.99. The topological polar surface area (TPSA) is 67.6 Å². The van der Waals surface area contributed by atoms with E-state index in [1.165, 1.54) is 19.3 Å². The van der Waals surface area contributed by atoms with E-state index < -0.39 is 0 Å². The van der Waals surface area contributed by atoms with Gasteiger partial charge in [-0.3, -0.25) is 5.10 Å². The Morgan fingerprint density at radius 1 is 1.31 bits per heavy atom. The number of nitrogens with two attached hydrogens (primary N) is 1. The highest BCUT2D eigenvalue weighted by atomic mass is 15.2. The van der Waals surface area contributed by atoms with E-state index in [-0.39, 0.29) is 6.04 Å². The van der Waals surface area contributed by atoms with E-state index in [9.17, 15) is 0 Å². The summed E-state index contributed by atoms with van der Waals surface area (Å²) in [7, 11) is 0. The summed E-state index contributed by atoms with van der Waals surface area (Å²) in [4.78, 5) is 4.19. The molecular formula is C9H16N4. The molecule has 0 amide bonds. The van der Waals surface area contributed by atoms with Crippen molar-refractivity contribution in [2.45, 2.75) is 44.1 Å². The molecule has 13 heavy (non-hydrogen) atoms. The average Bonchev–Trinajstić information content (AvgIpc) is 2.56. The molecule has 2 unspecified atom stereocenters. The maximum Gasteiger partial charge on any atom is 0.137 e. The lowest BCUT2D eigenvalue weighted by Gasteiger charge is -2.18. The molecule has 0 spiro atoms. The van der Waals surface area contributed by atoms with Gasteiger partial charge in [0.15, 0.2) is 0 Å². The number of hydrogen-bond acceptors (Lipinski definition) is 3. The van der Waals surface area contributed by atoms with Crippen molar-refractivity contribution in [1.82, 2.24) is 15.2 Å². The lowest BCUT2D eigenvalue weighted by atomic mass is 9.95. The van der Waals surface area contributed by atoms with Crippen LogP contribution in [-0.4, -0.2) is 21.2 Å². The van der Waals surface area contributed by atoms with Crippen LogP contribution in [0, 0.1) is 0 Å². The molecule has 0 aliphatic heterocycles. The van der Waals surface area contributed by atoms with Crippen LogP contribution in [0.25, 0.3) is 0 Å². The summed E-state index contributed by atoms with van der Waals surface area (Å²) in [6.07, 6.45) is 7.65. The van der Waals surface area contributed by atoms with E-state index in [2.05, 4.69) is 15.2 Å². The molecule has 0 aromatic carbocycles. The standard InChI is InChI=1S/C9H16N4/c10-8-5-3-1-2-4-7(8)9-11-6-12-13-9/h6-8H,1-5,10H2,(H,11,12,13). The first-order chi connectivity index (χ1) is 6.38. The number of aromatic amines is 1. The van der Waals surface area contributed by atoms with Crippen LogP contribution in [-0.2, 0) is 0 Å². The van der Waals surface area contributed by atoms with Gasteiger partial charge in [-0.05, 0) is 12.8 Å². The molecule has 4 heteroatoms. The van der Waals surface area contributed by atoms with Gasteiger partial charge in [0.2, 0.25) is 0 Å². The highest BCUT2D eigenvalue weighted by Crippen LogP contribution is 2.28. The van der Waals surface area contributed by atoms with Gasteiger partial charge in [-0.2, -0.15) is 5.10 Å². The Labute approximate surface area is 77.9 Å². The van der Waals surface area contributed by atoms with Crippen LogP contribution in [0.4, 0.5) is 0 Å². The molecule has 2 rings (SSSR count). The quantitative estimate of drug-likeness (QED) is 0.638. The molecule has 1 heterocycles. The monoisotopic (exact) mass is 180 g/mol. The van der Waals surface area contributed by atoms with E-state index in [0.717, 1.165) is 18.7 Å². The molecule has 1 saturated carbocycles. The number of aromatic nitrogens is 3. The van der Waals surface area contributed by atoms with Crippen LogP contribution in [0.15, 0.2) is 6.33 Å². The Hall–Kier alpha value is -0.900. The van der Waals surface area contributed by atoms with Crippen LogP contribution < -0.4 is 5.73 Å². The highest BCUT2D eigenvalue weighted by Gasteiger charge is 2.23. The van der Waals surface area contributed by atoms with Gasteiger partial charge in [-0.15, -0.1) is 0 Å². The molecule has 1 aliphatic carbocycles. The lowest BCUT2D eigenvalue weighted by molar-refractivity contribution is 0.485. The van der Waals surface area contributed by atoms with Gasteiger partial charge < -0.3 is 5.73 Å². The molecule has 0 radical (unpaired) electrons. The van der Waals surface area contributed by atoms with Crippen molar-refractivity contribution >= 4 is 0 Å². The SMILES string of the molecule is NC1CCCCCC1c1ncn[nH]1. The average molecular weight is 180 g/mol. The number of rotatable bonds is 1. The maximum absolute atomic E-state index is 6.08. The molecule has 2 atom stereocenters. The third kappa shape index (κ3) is 1.88. The first kappa shape index (κ1) is 8.69. The molecule has 3 N–H and O–H groups in total. The zero-order valence-corrected chi connectivity index (χ0v) is 7.74. The number of nitrogens with zero attached hydrogens (tertiary/aromatic N) is 2. The van der Waals surface area contributed by atoms with Crippen LogP contribution >= 0.6 is 0 Å². The van der Waals surface area contributed by atoms with Crippen molar-refractivity contribution in [2.75, 3.05) is 0 Å². The normalized spacial score (nSPS) is 29.9. The van der Waals surface area contributed by atoms with Gasteiger partial charge in [-0.1, -0.05) is 19.3 Å². The summed E-state index contributed by atoms with van der Waals surface area (Å²) < 4.78 is 0. The zero-order valence-electron chi connectivity index (χ0n) is 7.74. The summed E-state index contributed by atoms with van der Waals surface area (Å²) in [5.41, 5.74) is 6.08. The second-order valence-corrected chi connectivity index (χ2v) is 3.78. The summed E-state index contributed by atoms with van der Waals surface area (Å²) in [5, 5.41) is 6.79. The van der Waals surface area contributed by atoms with Crippen molar-refractivity contribution < 1.29 is 0 Å². The summed E-state index contributed by atoms with van der Waals surface area (Å²) in [6.45, 7) is 0. The molecule has 0 bridgehead atoms. The first-order valence-corrected chi connectivity index (χ1v) is 4.99. The van der Waals surface area contributed by atoms with Crippen LogP contribution in [0.1, 0.15) is 43.8 Å². The predicted molar refractivity (Wildman–Crippen MR) is 50.2 cm³/mol. The van der Waals surface area contributed by atoms with Gasteiger partial charge in [-0.25, -0.2) is 4.98 Å². The second kappa shape index (κ2) is 3.87. The summed E-state index contributed by atoms with van der Waals surface area (Å²) in [5.74, 6) is 1.36. The van der Waals surface area contributed by atoms with Crippen molar-refractivity contribution in [3.05, 3.63) is 12.2 Å². The van der Waals surface area contributed by atoms with Gasteiger partial charge in [0.25, 0.3) is 0 Å². The fourth-order valence-electron chi connectivity index (χ4n) is 2.07. The third-order valence-corrected chi connectivity index (χ3v) is 2.85. The van der Waals surface area contributed by atoms with E-state index in [1.807, 2.05) is 0 Å². The number of H-pyrrole nitrogens is 1. The molecule has 1 aliphatic rings. The molecule has 1 fully saturated rings. The third-order valence-electron chi connectivity index (χ3n) is 2.85. The number of hydrogen-bond donors (Lipinski definition) is 2. The van der Waals surface area contributed by atoms with Gasteiger partial charge in [0.05, 0.1) is 0 Å². The molecule has 0 saturated heterocycles. The van der Waals surface area contributed by atoms with E-state index in [0.29, 0.717) is 5.92 Å². The molecular weight excluding hydrogens is 164 g/mol. The van der Waals surface area contributed by atoms with Gasteiger partial charge in [0, 0.05) is 12.0 Å². The van der Waals surface area contributed by atoms with Crippen molar-refractivity contribution in [2.24, 2.45) is 5.73 Å². The molecule has 1 aromatic rings. The number of nitrogens with one attached hydrogen (secondary N) is 1. The maximum atomic E-state index is 6.08. The van der Waals surface area contributed by atoms with Crippen molar-refractivity contribution in [3.63, 3.8) is 0 Å². The Bertz CT molecular complexity index is 244. The zero-order chi connectivity index (χ0) is 9.10. The van der Waals surface area contributed by atoms with Crippen molar-refractivity contribution in [3.8, 4) is 0 Å². The summed E-state index contributed by atoms with van der Waals surface area (Å²) >= 11 is 0. The van der Waals surface area contributed by atoms with E-state index in [4.69, 9.17) is 5.73 Å². The minimum atomic E-state index is 0.260. The van der Waals surface area contributed by atoms with Crippen molar-refractivity contribution in [1.29, 1.82) is 0 Å². The predicted octanol–water partition coefficient (Wildman–Crippen LogP) is 1.18. The summed E-state index contributed by atoms with van der Waals surface area (Å²) in [6, 6.07) is 0.260. The van der Waals surface area contributed by atoms with Gasteiger partial charge >= 0.3 is 0 Å². The lowest BCUT2D eigenvalue weighted by Crippen LogP contribution is -2.28.